The number of benzene rings is 2. The number of hydrogen-bond donors (Lipinski definition) is 3. The minimum absolute atomic E-state index is 0.217. The van der Waals surface area contributed by atoms with Crippen molar-refractivity contribution in [1.82, 2.24) is 25.8 Å². The monoisotopic (exact) mass is 325 g/mol. The lowest BCUT2D eigenvalue weighted by Gasteiger charge is -2.06. The summed E-state index contributed by atoms with van der Waals surface area (Å²) in [5.74, 6) is 0.659. The Balaban J connectivity index is 1.50. The number of rotatable bonds is 5. The average molecular weight is 325 g/mol. The third-order valence-corrected chi connectivity index (χ3v) is 3.35. The average Bonchev–Trinajstić information content (AvgIpc) is 3.09. The third-order valence-electron chi connectivity index (χ3n) is 3.35. The van der Waals surface area contributed by atoms with E-state index in [1.165, 1.54) is 12.1 Å². The lowest BCUT2D eigenvalue weighted by molar-refractivity contribution is 0.240. The van der Waals surface area contributed by atoms with Crippen LogP contribution < -0.4 is 10.6 Å². The van der Waals surface area contributed by atoms with Crippen LogP contribution in [0.2, 0.25) is 0 Å². The van der Waals surface area contributed by atoms with Gasteiger partial charge in [-0.05, 0) is 29.8 Å². The molecule has 0 radical (unpaired) electrons. The number of nitrogens with one attached hydrogen (secondary N) is 3. The maximum absolute atomic E-state index is 12.9. The van der Waals surface area contributed by atoms with Crippen molar-refractivity contribution >= 4 is 6.03 Å². The number of amides is 2. The predicted octanol–water partition coefficient (Wildman–Crippen LogP) is 2.61. The van der Waals surface area contributed by atoms with Crippen LogP contribution in [0.15, 0.2) is 54.6 Å². The Bertz CT molecular complexity index is 801. The molecule has 0 aliphatic carbocycles. The molecule has 6 nitrogen and oxygen atoms in total. The highest BCUT2D eigenvalue weighted by Gasteiger charge is 2.07. The summed E-state index contributed by atoms with van der Waals surface area (Å²) in [5, 5.41) is 12.3. The van der Waals surface area contributed by atoms with Crippen molar-refractivity contribution in [3.8, 4) is 11.4 Å². The molecule has 0 aliphatic heterocycles. The second kappa shape index (κ2) is 7.36. The van der Waals surface area contributed by atoms with Gasteiger partial charge in [-0.25, -0.2) is 14.2 Å². The second-order valence-corrected chi connectivity index (χ2v) is 5.13. The van der Waals surface area contributed by atoms with Gasteiger partial charge in [0.2, 0.25) is 0 Å². The molecule has 0 atom stereocenters. The molecule has 0 saturated heterocycles. The van der Waals surface area contributed by atoms with Gasteiger partial charge in [-0.15, -0.1) is 0 Å². The summed E-state index contributed by atoms with van der Waals surface area (Å²) in [6, 6.07) is 15.2. The zero-order valence-corrected chi connectivity index (χ0v) is 12.8. The quantitative estimate of drug-likeness (QED) is 0.674. The van der Waals surface area contributed by atoms with Crippen LogP contribution in [0.25, 0.3) is 11.4 Å². The predicted molar refractivity (Wildman–Crippen MR) is 87.3 cm³/mol. The minimum Gasteiger partial charge on any atom is -0.334 e. The number of carbonyl (C=O) groups excluding carboxylic acids is 1. The third kappa shape index (κ3) is 4.16. The lowest BCUT2D eigenvalue weighted by Crippen LogP contribution is -2.34. The Morgan fingerprint density at radius 1 is 1.00 bits per heavy atom. The fraction of sp³-hybridized carbons (Fsp3) is 0.118. The topological polar surface area (TPSA) is 82.7 Å². The van der Waals surface area contributed by atoms with Gasteiger partial charge in [-0.2, -0.15) is 5.10 Å². The number of aromatic amines is 1. The minimum atomic E-state index is -0.314. The Kier molecular flexibility index (Phi) is 4.81. The van der Waals surface area contributed by atoms with Gasteiger partial charge in [-0.3, -0.25) is 5.10 Å². The molecule has 7 heteroatoms. The van der Waals surface area contributed by atoms with Crippen molar-refractivity contribution in [1.29, 1.82) is 0 Å². The standard InChI is InChI=1S/C17H16FN5O/c18-14-8-6-13(7-9-14)16-21-15(22-23-16)11-20-17(24)19-10-12-4-2-1-3-5-12/h1-9H,10-11H2,(H2,19,20,24)(H,21,22,23). The second-order valence-electron chi connectivity index (χ2n) is 5.13. The maximum Gasteiger partial charge on any atom is 0.315 e. The van der Waals surface area contributed by atoms with E-state index < -0.39 is 0 Å². The molecule has 122 valence electrons. The summed E-state index contributed by atoms with van der Waals surface area (Å²) in [4.78, 5) is 16.0. The van der Waals surface area contributed by atoms with E-state index in [0.29, 0.717) is 23.8 Å². The molecule has 0 unspecified atom stereocenters. The van der Waals surface area contributed by atoms with Gasteiger partial charge in [0.15, 0.2) is 5.82 Å². The molecule has 0 saturated carbocycles. The van der Waals surface area contributed by atoms with Crippen LogP contribution in [0, 0.1) is 5.82 Å². The molecule has 1 heterocycles. The van der Waals surface area contributed by atoms with E-state index in [4.69, 9.17) is 0 Å². The molecule has 1 aromatic heterocycles. The van der Waals surface area contributed by atoms with E-state index >= 15 is 0 Å². The first kappa shape index (κ1) is 15.7. The van der Waals surface area contributed by atoms with E-state index in [2.05, 4.69) is 25.8 Å². The highest BCUT2D eigenvalue weighted by Crippen LogP contribution is 2.14. The van der Waals surface area contributed by atoms with Crippen molar-refractivity contribution < 1.29 is 9.18 Å². The number of aromatic nitrogens is 3. The fourth-order valence-corrected chi connectivity index (χ4v) is 2.11. The zero-order chi connectivity index (χ0) is 16.8. The Hall–Kier alpha value is -3.22. The number of carbonyl (C=O) groups is 1. The van der Waals surface area contributed by atoms with Gasteiger partial charge in [0.05, 0.1) is 6.54 Å². The summed E-state index contributed by atoms with van der Waals surface area (Å²) < 4.78 is 12.9. The molecule has 3 rings (SSSR count). The van der Waals surface area contributed by atoms with Crippen molar-refractivity contribution in [2.24, 2.45) is 0 Å². The van der Waals surface area contributed by atoms with E-state index in [-0.39, 0.29) is 18.4 Å². The van der Waals surface area contributed by atoms with Crippen molar-refractivity contribution in [3.63, 3.8) is 0 Å². The van der Waals surface area contributed by atoms with E-state index in [0.717, 1.165) is 5.56 Å². The Labute approximate surface area is 138 Å². The van der Waals surface area contributed by atoms with Crippen LogP contribution in [0.4, 0.5) is 9.18 Å². The van der Waals surface area contributed by atoms with Gasteiger partial charge in [0.25, 0.3) is 0 Å². The van der Waals surface area contributed by atoms with E-state index in [1.807, 2.05) is 30.3 Å². The smallest absolute Gasteiger partial charge is 0.315 e. The molecule has 24 heavy (non-hydrogen) atoms. The molecule has 2 aromatic carbocycles. The van der Waals surface area contributed by atoms with Crippen LogP contribution in [0.5, 0.6) is 0 Å². The van der Waals surface area contributed by atoms with E-state index in [1.54, 1.807) is 12.1 Å². The molecular weight excluding hydrogens is 309 g/mol. The first-order chi connectivity index (χ1) is 11.7. The van der Waals surface area contributed by atoms with Gasteiger partial charge < -0.3 is 10.6 Å². The number of urea groups is 1. The molecule has 0 bridgehead atoms. The largest absolute Gasteiger partial charge is 0.334 e. The molecule has 3 N–H and O–H groups in total. The summed E-state index contributed by atoms with van der Waals surface area (Å²) in [6.07, 6.45) is 0. The first-order valence-corrected chi connectivity index (χ1v) is 7.43. The van der Waals surface area contributed by atoms with Crippen LogP contribution in [0.3, 0.4) is 0 Å². The Morgan fingerprint density at radius 3 is 2.46 bits per heavy atom. The van der Waals surface area contributed by atoms with Crippen LogP contribution >= 0.6 is 0 Å². The van der Waals surface area contributed by atoms with Crippen LogP contribution in [-0.2, 0) is 13.1 Å². The Morgan fingerprint density at radius 2 is 1.71 bits per heavy atom. The number of halogens is 1. The molecule has 0 spiro atoms. The first-order valence-electron chi connectivity index (χ1n) is 7.43. The zero-order valence-electron chi connectivity index (χ0n) is 12.8. The normalized spacial score (nSPS) is 10.4. The number of hydrogen-bond acceptors (Lipinski definition) is 3. The van der Waals surface area contributed by atoms with Crippen molar-refractivity contribution in [2.45, 2.75) is 13.1 Å². The summed E-state index contributed by atoms with van der Waals surface area (Å²) in [7, 11) is 0. The fourth-order valence-electron chi connectivity index (χ4n) is 2.11. The molecule has 0 fully saturated rings. The van der Waals surface area contributed by atoms with Crippen LogP contribution in [0.1, 0.15) is 11.4 Å². The molecular formula is C17H16FN5O. The lowest BCUT2D eigenvalue weighted by atomic mass is 10.2. The van der Waals surface area contributed by atoms with Gasteiger partial charge in [0, 0.05) is 12.1 Å². The van der Waals surface area contributed by atoms with E-state index in [9.17, 15) is 9.18 Å². The van der Waals surface area contributed by atoms with Gasteiger partial charge in [-0.1, -0.05) is 30.3 Å². The van der Waals surface area contributed by atoms with Gasteiger partial charge >= 0.3 is 6.03 Å². The summed E-state index contributed by atoms with van der Waals surface area (Å²) in [5.41, 5.74) is 1.72. The molecule has 2 amide bonds. The molecule has 3 aromatic rings. The highest BCUT2D eigenvalue weighted by molar-refractivity contribution is 5.73. The number of nitrogens with zero attached hydrogens (tertiary/aromatic N) is 2. The SMILES string of the molecule is O=C(NCc1ccccc1)NCc1nc(-c2ccc(F)cc2)n[nH]1. The van der Waals surface area contributed by atoms with Gasteiger partial charge in [0.1, 0.15) is 11.6 Å². The highest BCUT2D eigenvalue weighted by atomic mass is 19.1. The van der Waals surface area contributed by atoms with Crippen molar-refractivity contribution in [3.05, 3.63) is 71.8 Å². The maximum atomic E-state index is 12.9. The van der Waals surface area contributed by atoms with Crippen molar-refractivity contribution in [2.75, 3.05) is 0 Å². The van der Waals surface area contributed by atoms with Crippen LogP contribution in [-0.4, -0.2) is 21.2 Å². The number of H-pyrrole nitrogens is 1. The molecule has 0 aliphatic rings. The summed E-state index contributed by atoms with van der Waals surface area (Å²) >= 11 is 0. The summed E-state index contributed by atoms with van der Waals surface area (Å²) in [6.45, 7) is 0.665.